The molecule has 1 aliphatic heterocycles. The number of ether oxygens (including phenoxy) is 1. The molecule has 0 aliphatic carbocycles. The largest absolute Gasteiger partial charge is 0.381 e. The molecule has 0 bridgehead atoms. The minimum absolute atomic E-state index is 0.906. The van der Waals surface area contributed by atoms with E-state index in [1.165, 1.54) is 187 Å². The van der Waals surface area contributed by atoms with Crippen molar-refractivity contribution in [3.8, 4) is 0 Å². The maximum Gasteiger partial charge on any atom is 0.0466 e. The lowest BCUT2D eigenvalue weighted by atomic mass is 9.96. The van der Waals surface area contributed by atoms with Gasteiger partial charge in [-0.1, -0.05) is 123 Å². The quantitative estimate of drug-likeness (QED) is 0.0989. The van der Waals surface area contributed by atoms with Crippen LogP contribution in [0.4, 0.5) is 0 Å². The van der Waals surface area contributed by atoms with E-state index in [1.807, 2.05) is 0 Å². The Kier molecular flexibility index (Phi) is 27.2. The Labute approximate surface area is 234 Å². The van der Waals surface area contributed by atoms with Crippen molar-refractivity contribution in [2.45, 2.75) is 168 Å². The van der Waals surface area contributed by atoms with Gasteiger partial charge in [0.1, 0.15) is 0 Å². The van der Waals surface area contributed by atoms with Crippen LogP contribution in [0.2, 0.25) is 0 Å². The minimum Gasteiger partial charge on any atom is -0.381 e. The van der Waals surface area contributed by atoms with Crippen molar-refractivity contribution in [2.75, 3.05) is 45.9 Å². The minimum atomic E-state index is 0.906. The van der Waals surface area contributed by atoms with E-state index in [9.17, 15) is 0 Å². The number of nitrogens with zero attached hydrogens (tertiary/aromatic N) is 1. The first-order valence-electron chi connectivity index (χ1n) is 17.4. The number of hydrogen-bond donors (Lipinski definition) is 1. The number of nitrogens with one attached hydrogen (secondary N) is 1. The summed E-state index contributed by atoms with van der Waals surface area (Å²) in [6, 6.07) is 0. The normalized spacial score (nSPS) is 16.1. The summed E-state index contributed by atoms with van der Waals surface area (Å²) in [5.74, 6) is 0.906. The predicted molar refractivity (Wildman–Crippen MR) is 166 cm³/mol. The smallest absolute Gasteiger partial charge is 0.0466 e. The first-order chi connectivity index (χ1) is 18.4. The van der Waals surface area contributed by atoms with Crippen LogP contribution >= 0.6 is 0 Å². The first kappa shape index (κ1) is 34.9. The third-order valence-electron chi connectivity index (χ3n) is 8.49. The Morgan fingerprint density at radius 1 is 0.568 bits per heavy atom. The molecule has 1 heterocycles. The monoisotopic (exact) mass is 523 g/mol. The van der Waals surface area contributed by atoms with Crippen LogP contribution in [0.3, 0.4) is 0 Å². The van der Waals surface area contributed by atoms with Crippen LogP contribution in [-0.4, -0.2) is 50.8 Å². The van der Waals surface area contributed by atoms with Gasteiger partial charge in [0, 0.05) is 13.2 Å². The molecule has 1 aliphatic rings. The average Bonchev–Trinajstić information content (AvgIpc) is 2.93. The van der Waals surface area contributed by atoms with Crippen LogP contribution in [0.15, 0.2) is 0 Å². The molecule has 3 heteroatoms. The average molecular weight is 523 g/mol. The molecule has 1 N–H and O–H groups in total. The molecule has 0 saturated carbocycles. The zero-order valence-electron chi connectivity index (χ0n) is 25.9. The van der Waals surface area contributed by atoms with Crippen molar-refractivity contribution in [1.29, 1.82) is 0 Å². The topological polar surface area (TPSA) is 24.5 Å². The summed E-state index contributed by atoms with van der Waals surface area (Å²) >= 11 is 0. The lowest BCUT2D eigenvalue weighted by Gasteiger charge is -2.27. The fourth-order valence-electron chi connectivity index (χ4n) is 5.85. The molecule has 0 spiro atoms. The van der Waals surface area contributed by atoms with E-state index in [4.69, 9.17) is 4.74 Å². The van der Waals surface area contributed by atoms with Gasteiger partial charge in [-0.3, -0.25) is 0 Å². The Morgan fingerprint density at radius 3 is 1.54 bits per heavy atom. The summed E-state index contributed by atoms with van der Waals surface area (Å²) in [6.45, 7) is 12.9. The van der Waals surface area contributed by atoms with E-state index in [0.717, 1.165) is 19.1 Å². The molecule has 1 rings (SSSR count). The molecule has 3 nitrogen and oxygen atoms in total. The van der Waals surface area contributed by atoms with Gasteiger partial charge in [-0.15, -0.1) is 0 Å². The lowest BCUT2D eigenvalue weighted by Crippen LogP contribution is -2.34. The van der Waals surface area contributed by atoms with Gasteiger partial charge in [0.2, 0.25) is 0 Å². The first-order valence-corrected chi connectivity index (χ1v) is 17.4. The van der Waals surface area contributed by atoms with Crippen molar-refractivity contribution in [1.82, 2.24) is 10.2 Å². The number of piperidine rings is 1. The van der Waals surface area contributed by atoms with Crippen LogP contribution in [-0.2, 0) is 4.74 Å². The Bertz CT molecular complexity index is 396. The number of hydrogen-bond acceptors (Lipinski definition) is 3. The highest BCUT2D eigenvalue weighted by Crippen LogP contribution is 2.16. The van der Waals surface area contributed by atoms with E-state index in [2.05, 4.69) is 24.1 Å². The molecule has 0 amide bonds. The second kappa shape index (κ2) is 28.9. The summed E-state index contributed by atoms with van der Waals surface area (Å²) in [6.07, 6.45) is 33.6. The Balaban J connectivity index is 2.04. The molecule has 0 aromatic carbocycles. The van der Waals surface area contributed by atoms with Gasteiger partial charge in [-0.25, -0.2) is 0 Å². The van der Waals surface area contributed by atoms with Gasteiger partial charge < -0.3 is 15.0 Å². The zero-order valence-corrected chi connectivity index (χ0v) is 25.9. The molecule has 1 saturated heterocycles. The van der Waals surface area contributed by atoms with Crippen molar-refractivity contribution < 1.29 is 4.74 Å². The zero-order chi connectivity index (χ0) is 26.5. The fraction of sp³-hybridized carbons (Fsp3) is 1.00. The van der Waals surface area contributed by atoms with Crippen LogP contribution < -0.4 is 5.32 Å². The maximum absolute atomic E-state index is 5.95. The fourth-order valence-corrected chi connectivity index (χ4v) is 5.85. The molecule has 222 valence electrons. The summed E-state index contributed by atoms with van der Waals surface area (Å²) < 4.78 is 5.95. The lowest BCUT2D eigenvalue weighted by molar-refractivity contribution is 0.122. The summed E-state index contributed by atoms with van der Waals surface area (Å²) in [5, 5.41) is 3.61. The van der Waals surface area contributed by atoms with Crippen molar-refractivity contribution >= 4 is 0 Å². The third kappa shape index (κ3) is 24.6. The van der Waals surface area contributed by atoms with Gasteiger partial charge in [0.15, 0.2) is 0 Å². The van der Waals surface area contributed by atoms with E-state index < -0.39 is 0 Å². The van der Waals surface area contributed by atoms with Crippen molar-refractivity contribution in [3.63, 3.8) is 0 Å². The standard InChI is InChI=1S/C34H70N2O/c1-3-5-7-9-11-12-13-14-15-16-18-20-28-36(30-26-34-25-24-27-35-33-34)29-21-23-32-37-31-22-19-17-10-8-6-4-2/h34-35H,3-33H2,1-2H3. The van der Waals surface area contributed by atoms with Gasteiger partial charge in [0.05, 0.1) is 0 Å². The highest BCUT2D eigenvalue weighted by atomic mass is 16.5. The van der Waals surface area contributed by atoms with Gasteiger partial charge >= 0.3 is 0 Å². The summed E-state index contributed by atoms with van der Waals surface area (Å²) in [7, 11) is 0. The SMILES string of the molecule is CCCCCCCCCCCCCCN(CCCCOCCCCCCCCC)CCC1CCCNC1. The second-order valence-corrected chi connectivity index (χ2v) is 12.2. The Morgan fingerprint density at radius 2 is 1.03 bits per heavy atom. The van der Waals surface area contributed by atoms with Crippen molar-refractivity contribution in [2.24, 2.45) is 5.92 Å². The van der Waals surface area contributed by atoms with Crippen LogP contribution in [0.25, 0.3) is 0 Å². The third-order valence-corrected chi connectivity index (χ3v) is 8.49. The van der Waals surface area contributed by atoms with Crippen LogP contribution in [0, 0.1) is 5.92 Å². The molecule has 0 aromatic rings. The van der Waals surface area contributed by atoms with Gasteiger partial charge in [-0.05, 0) is 83.6 Å². The maximum atomic E-state index is 5.95. The van der Waals surface area contributed by atoms with E-state index in [-0.39, 0.29) is 0 Å². The molecule has 0 aromatic heterocycles. The molecule has 1 atom stereocenters. The Hall–Kier alpha value is -0.120. The number of rotatable bonds is 29. The summed E-state index contributed by atoms with van der Waals surface area (Å²) in [5.41, 5.74) is 0. The molecular formula is C34H70N2O. The predicted octanol–water partition coefficient (Wildman–Crippen LogP) is 9.93. The highest BCUT2D eigenvalue weighted by molar-refractivity contribution is 4.71. The summed E-state index contributed by atoms with van der Waals surface area (Å²) in [4.78, 5) is 2.79. The van der Waals surface area contributed by atoms with Crippen LogP contribution in [0.5, 0.6) is 0 Å². The van der Waals surface area contributed by atoms with E-state index in [1.54, 1.807) is 0 Å². The van der Waals surface area contributed by atoms with Crippen LogP contribution in [0.1, 0.15) is 168 Å². The molecular weight excluding hydrogens is 452 g/mol. The van der Waals surface area contributed by atoms with E-state index >= 15 is 0 Å². The molecule has 1 fully saturated rings. The molecule has 0 radical (unpaired) electrons. The van der Waals surface area contributed by atoms with Gasteiger partial charge in [0.25, 0.3) is 0 Å². The highest BCUT2D eigenvalue weighted by Gasteiger charge is 2.14. The second-order valence-electron chi connectivity index (χ2n) is 12.2. The number of unbranched alkanes of at least 4 members (excludes halogenated alkanes) is 18. The molecule has 1 unspecified atom stereocenters. The van der Waals surface area contributed by atoms with E-state index in [0.29, 0.717) is 0 Å². The van der Waals surface area contributed by atoms with Gasteiger partial charge in [-0.2, -0.15) is 0 Å². The molecule has 37 heavy (non-hydrogen) atoms. The van der Waals surface area contributed by atoms with Crippen molar-refractivity contribution in [3.05, 3.63) is 0 Å².